The topological polar surface area (TPSA) is 105 Å². The van der Waals surface area contributed by atoms with Gasteiger partial charge in [-0.05, 0) is 24.3 Å². The van der Waals surface area contributed by atoms with Crippen molar-refractivity contribution < 1.29 is 9.90 Å². The van der Waals surface area contributed by atoms with Crippen LogP contribution in [-0.4, -0.2) is 11.1 Å². The van der Waals surface area contributed by atoms with Crippen molar-refractivity contribution in [3.8, 4) is 0 Å². The molecule has 0 unspecified atom stereocenters. The minimum atomic E-state index is -0.987. The Balaban J connectivity index is 2.22. The third-order valence-corrected chi connectivity index (χ3v) is 2.32. The van der Waals surface area contributed by atoms with Gasteiger partial charge in [-0.1, -0.05) is 0 Å². The number of aliphatic carboxylic acids is 1. The van der Waals surface area contributed by atoms with E-state index >= 15 is 0 Å². The van der Waals surface area contributed by atoms with Crippen LogP contribution in [0.15, 0.2) is 42.2 Å². The van der Waals surface area contributed by atoms with Gasteiger partial charge in [0.25, 0.3) is 0 Å². The zero-order valence-corrected chi connectivity index (χ0v) is 8.92. The molecule has 0 radical (unpaired) electrons. The van der Waals surface area contributed by atoms with Crippen LogP contribution < -0.4 is 21.9 Å². The van der Waals surface area contributed by atoms with E-state index in [9.17, 15) is 4.79 Å². The maximum atomic E-state index is 10.7. The lowest BCUT2D eigenvalue weighted by Gasteiger charge is -2.24. The van der Waals surface area contributed by atoms with Crippen molar-refractivity contribution >= 4 is 23.0 Å². The molecule has 1 aliphatic rings. The van der Waals surface area contributed by atoms with Crippen molar-refractivity contribution in [1.29, 1.82) is 0 Å². The molecule has 1 aromatic rings. The lowest BCUT2D eigenvalue weighted by Crippen LogP contribution is -2.32. The third-order valence-electron chi connectivity index (χ3n) is 2.32. The second-order valence-electron chi connectivity index (χ2n) is 3.54. The van der Waals surface area contributed by atoms with E-state index in [1.54, 1.807) is 29.4 Å². The number of nitrogens with two attached hydrogens (primary N) is 2. The number of benzene rings is 1. The maximum Gasteiger partial charge on any atom is 0.337 e. The van der Waals surface area contributed by atoms with Crippen molar-refractivity contribution in [3.63, 3.8) is 0 Å². The second-order valence-corrected chi connectivity index (χ2v) is 3.54. The van der Waals surface area contributed by atoms with Crippen molar-refractivity contribution in [3.05, 3.63) is 42.2 Å². The van der Waals surface area contributed by atoms with Gasteiger partial charge in [0.15, 0.2) is 0 Å². The van der Waals surface area contributed by atoms with Gasteiger partial charge in [-0.3, -0.25) is 5.01 Å². The zero-order valence-electron chi connectivity index (χ0n) is 8.92. The summed E-state index contributed by atoms with van der Waals surface area (Å²) in [7, 11) is 0. The summed E-state index contributed by atoms with van der Waals surface area (Å²) < 4.78 is 0. The van der Waals surface area contributed by atoms with Gasteiger partial charge in [0, 0.05) is 18.1 Å². The fourth-order valence-corrected chi connectivity index (χ4v) is 1.46. The summed E-state index contributed by atoms with van der Waals surface area (Å²) in [6.45, 7) is 0. The molecular weight excluding hydrogens is 220 g/mol. The molecule has 17 heavy (non-hydrogen) atoms. The first-order chi connectivity index (χ1) is 8.08. The van der Waals surface area contributed by atoms with Crippen LogP contribution in [0.5, 0.6) is 0 Å². The van der Waals surface area contributed by atoms with Gasteiger partial charge in [0.2, 0.25) is 0 Å². The predicted octanol–water partition coefficient (Wildman–Crippen LogP) is 0.658. The van der Waals surface area contributed by atoms with E-state index < -0.39 is 5.97 Å². The summed E-state index contributed by atoms with van der Waals surface area (Å²) in [4.78, 5) is 10.7. The molecule has 1 aliphatic heterocycles. The lowest BCUT2D eigenvalue weighted by atomic mass is 10.2. The summed E-state index contributed by atoms with van der Waals surface area (Å²) in [5.74, 6) is -0.987. The van der Waals surface area contributed by atoms with Crippen LogP contribution in [0.25, 0.3) is 0 Å². The molecule has 0 amide bonds. The van der Waals surface area contributed by atoms with Crippen molar-refractivity contribution in [1.82, 2.24) is 5.43 Å². The number of nitrogens with one attached hydrogen (secondary N) is 1. The number of carboxylic acid groups (broad SMARTS) is 1. The SMILES string of the molecule is Nc1ccc(N2C=CC(C(=O)O)=CN2)c(N)c1. The maximum absolute atomic E-state index is 10.7. The summed E-state index contributed by atoms with van der Waals surface area (Å²) in [5, 5.41) is 10.4. The van der Waals surface area contributed by atoms with E-state index in [2.05, 4.69) is 5.43 Å². The van der Waals surface area contributed by atoms with Gasteiger partial charge >= 0.3 is 5.97 Å². The summed E-state index contributed by atoms with van der Waals surface area (Å²) in [6, 6.07) is 5.11. The van der Waals surface area contributed by atoms with Crippen LogP contribution in [0.1, 0.15) is 0 Å². The molecule has 1 aromatic carbocycles. The van der Waals surface area contributed by atoms with Gasteiger partial charge in [0.05, 0.1) is 16.9 Å². The number of carboxylic acids is 1. The van der Waals surface area contributed by atoms with Gasteiger partial charge in [0.1, 0.15) is 0 Å². The number of rotatable bonds is 2. The summed E-state index contributed by atoms with van der Waals surface area (Å²) >= 11 is 0. The largest absolute Gasteiger partial charge is 0.478 e. The molecular formula is C11H12N4O2. The Morgan fingerprint density at radius 1 is 1.35 bits per heavy atom. The summed E-state index contributed by atoms with van der Waals surface area (Å²) in [6.07, 6.45) is 4.46. The molecule has 6 heteroatoms. The number of hydrogen-bond donors (Lipinski definition) is 4. The van der Waals surface area contributed by atoms with Crippen LogP contribution in [0.3, 0.4) is 0 Å². The Morgan fingerprint density at radius 2 is 2.12 bits per heavy atom. The smallest absolute Gasteiger partial charge is 0.337 e. The van der Waals surface area contributed by atoms with Crippen LogP contribution >= 0.6 is 0 Å². The third kappa shape index (κ3) is 2.15. The van der Waals surface area contributed by atoms with E-state index in [0.717, 1.165) is 0 Å². The Labute approximate surface area is 97.8 Å². The molecule has 0 saturated carbocycles. The molecule has 1 heterocycles. The minimum absolute atomic E-state index is 0.176. The standard InChI is InChI=1S/C11H12N4O2/c12-8-1-2-10(9(13)5-8)15-4-3-7(6-14-15)11(16)17/h1-6,14H,12-13H2,(H,16,17). The van der Waals surface area contributed by atoms with Crippen LogP contribution in [-0.2, 0) is 4.79 Å². The van der Waals surface area contributed by atoms with E-state index in [-0.39, 0.29) is 5.57 Å². The Bertz CT molecular complexity index is 522. The average molecular weight is 232 g/mol. The van der Waals surface area contributed by atoms with E-state index in [0.29, 0.717) is 17.1 Å². The highest BCUT2D eigenvalue weighted by Crippen LogP contribution is 2.25. The Kier molecular flexibility index (Phi) is 2.61. The Morgan fingerprint density at radius 3 is 2.65 bits per heavy atom. The van der Waals surface area contributed by atoms with Gasteiger partial charge in [-0.15, -0.1) is 0 Å². The fraction of sp³-hybridized carbons (Fsp3) is 0. The Hall–Kier alpha value is -2.63. The molecule has 88 valence electrons. The first kappa shape index (κ1) is 10.9. The monoisotopic (exact) mass is 232 g/mol. The van der Waals surface area contributed by atoms with Crippen molar-refractivity contribution in [2.75, 3.05) is 16.5 Å². The first-order valence-electron chi connectivity index (χ1n) is 4.90. The molecule has 6 nitrogen and oxygen atoms in total. The molecule has 2 rings (SSSR count). The van der Waals surface area contributed by atoms with Crippen LogP contribution in [0, 0.1) is 0 Å². The predicted molar refractivity (Wildman–Crippen MR) is 65.7 cm³/mol. The molecule has 0 atom stereocenters. The molecule has 0 bridgehead atoms. The normalized spacial score (nSPS) is 14.1. The quantitative estimate of drug-likeness (QED) is 0.558. The first-order valence-corrected chi connectivity index (χ1v) is 4.90. The molecule has 0 spiro atoms. The number of anilines is 3. The molecule has 0 saturated heterocycles. The number of hydrogen-bond acceptors (Lipinski definition) is 5. The minimum Gasteiger partial charge on any atom is -0.478 e. The zero-order chi connectivity index (χ0) is 12.4. The second kappa shape index (κ2) is 4.09. The highest BCUT2D eigenvalue weighted by molar-refractivity contribution is 5.90. The number of hydrazine groups is 1. The van der Waals surface area contributed by atoms with Gasteiger partial charge in [-0.25, -0.2) is 4.79 Å². The molecule has 0 aliphatic carbocycles. The number of nitrogen functional groups attached to an aromatic ring is 2. The number of carbonyl (C=O) groups is 1. The van der Waals surface area contributed by atoms with Crippen molar-refractivity contribution in [2.24, 2.45) is 0 Å². The van der Waals surface area contributed by atoms with Crippen molar-refractivity contribution in [2.45, 2.75) is 0 Å². The van der Waals surface area contributed by atoms with E-state index in [1.807, 2.05) is 0 Å². The molecule has 0 aromatic heterocycles. The molecule has 6 N–H and O–H groups in total. The number of nitrogens with zero attached hydrogens (tertiary/aromatic N) is 1. The lowest BCUT2D eigenvalue weighted by molar-refractivity contribution is -0.132. The molecule has 0 fully saturated rings. The van der Waals surface area contributed by atoms with E-state index in [1.165, 1.54) is 12.3 Å². The highest BCUT2D eigenvalue weighted by Gasteiger charge is 2.12. The fourth-order valence-electron chi connectivity index (χ4n) is 1.46. The van der Waals surface area contributed by atoms with Crippen LogP contribution in [0.4, 0.5) is 17.1 Å². The average Bonchev–Trinajstić information content (AvgIpc) is 2.29. The highest BCUT2D eigenvalue weighted by atomic mass is 16.4. The van der Waals surface area contributed by atoms with Crippen LogP contribution in [0.2, 0.25) is 0 Å². The summed E-state index contributed by atoms with van der Waals surface area (Å²) in [5.41, 5.74) is 16.2. The van der Waals surface area contributed by atoms with E-state index in [4.69, 9.17) is 16.6 Å². The van der Waals surface area contributed by atoms with Gasteiger partial charge < -0.3 is 22.0 Å². The van der Waals surface area contributed by atoms with Gasteiger partial charge in [-0.2, -0.15) is 0 Å².